The number of hydrogen-bond donors (Lipinski definition) is 0. The van der Waals surface area contributed by atoms with Crippen LogP contribution in [0.2, 0.25) is 5.02 Å². The van der Waals surface area contributed by atoms with Gasteiger partial charge in [0, 0.05) is 42.5 Å². The second-order valence-electron chi connectivity index (χ2n) is 8.67. The van der Waals surface area contributed by atoms with Crippen LogP contribution in [-0.2, 0) is 17.5 Å². The van der Waals surface area contributed by atoms with Crippen LogP contribution >= 0.6 is 11.6 Å². The minimum atomic E-state index is -4.71. The molecule has 3 heterocycles. The topological polar surface area (TPSA) is 74.9 Å². The number of carbonyl (C=O) groups excluding carboxylic acids is 1. The van der Waals surface area contributed by atoms with Crippen LogP contribution in [0.3, 0.4) is 0 Å². The molecule has 0 spiro atoms. The quantitative estimate of drug-likeness (QED) is 0.490. The van der Waals surface area contributed by atoms with Crippen molar-refractivity contribution in [3.8, 4) is 11.5 Å². The standard InChI is InChI=1S/C24H23ClF3N5O3/c25-18-5-7-19(8-6-18)33(23(34)32-11-9-31(10-12-32)20-14-35-15-20)13-16-1-3-17(4-2-16)21-29-30-22(36-21)24(26,27)28/h1-8,20H,9-15H2. The molecule has 2 amide bonds. The highest BCUT2D eigenvalue weighted by Crippen LogP contribution is 2.30. The largest absolute Gasteiger partial charge is 0.470 e. The van der Waals surface area contributed by atoms with E-state index < -0.39 is 12.1 Å². The van der Waals surface area contributed by atoms with Crippen LogP contribution < -0.4 is 4.90 Å². The predicted octanol–water partition coefficient (Wildman–Crippen LogP) is 4.55. The molecule has 1 aromatic heterocycles. The summed E-state index contributed by atoms with van der Waals surface area (Å²) in [5, 5.41) is 7.11. The molecule has 0 saturated carbocycles. The normalized spacial score (nSPS) is 17.2. The van der Waals surface area contributed by atoms with Gasteiger partial charge in [0.15, 0.2) is 0 Å². The molecule has 2 aromatic carbocycles. The molecule has 12 heteroatoms. The Balaban J connectivity index is 1.31. The molecule has 0 aliphatic carbocycles. The zero-order chi connectivity index (χ0) is 25.3. The molecule has 0 atom stereocenters. The molecule has 3 aromatic rings. The van der Waals surface area contributed by atoms with Gasteiger partial charge in [0.1, 0.15) is 0 Å². The smallest absolute Gasteiger partial charge is 0.413 e. The summed E-state index contributed by atoms with van der Waals surface area (Å²) in [7, 11) is 0. The molecule has 36 heavy (non-hydrogen) atoms. The van der Waals surface area contributed by atoms with E-state index in [1.807, 2.05) is 4.90 Å². The molecule has 2 fully saturated rings. The second-order valence-corrected chi connectivity index (χ2v) is 9.10. The van der Waals surface area contributed by atoms with Crippen molar-refractivity contribution in [2.24, 2.45) is 0 Å². The van der Waals surface area contributed by atoms with Crippen molar-refractivity contribution in [1.82, 2.24) is 20.0 Å². The van der Waals surface area contributed by atoms with Gasteiger partial charge in [0.2, 0.25) is 5.89 Å². The third-order valence-electron chi connectivity index (χ3n) is 6.30. The summed E-state index contributed by atoms with van der Waals surface area (Å²) in [5.74, 6) is -1.62. The molecule has 5 rings (SSSR count). The number of nitrogens with zero attached hydrogens (tertiary/aromatic N) is 5. The Labute approximate surface area is 210 Å². The lowest BCUT2D eigenvalue weighted by atomic mass is 10.1. The fraction of sp³-hybridized carbons (Fsp3) is 0.375. The van der Waals surface area contributed by atoms with Crippen LogP contribution in [0.25, 0.3) is 11.5 Å². The number of amides is 2. The van der Waals surface area contributed by atoms with Crippen LogP contribution in [0.1, 0.15) is 11.5 Å². The van der Waals surface area contributed by atoms with Crippen molar-refractivity contribution in [2.45, 2.75) is 18.8 Å². The first kappa shape index (κ1) is 24.5. The third kappa shape index (κ3) is 5.32. The number of carbonyl (C=O) groups is 1. The van der Waals surface area contributed by atoms with E-state index >= 15 is 0 Å². The van der Waals surface area contributed by atoms with Crippen LogP contribution in [0, 0.1) is 0 Å². The van der Waals surface area contributed by atoms with E-state index in [0.717, 1.165) is 31.9 Å². The second kappa shape index (κ2) is 10.1. The highest BCUT2D eigenvalue weighted by molar-refractivity contribution is 6.30. The van der Waals surface area contributed by atoms with Gasteiger partial charge < -0.3 is 14.1 Å². The van der Waals surface area contributed by atoms with E-state index in [9.17, 15) is 18.0 Å². The molecule has 2 aliphatic rings. The SMILES string of the molecule is O=C(N1CCN(C2COC2)CC1)N(Cc1ccc(-c2nnc(C(F)(F)F)o2)cc1)c1ccc(Cl)cc1. The summed E-state index contributed by atoms with van der Waals surface area (Å²) in [6.07, 6.45) is -4.71. The first-order valence-electron chi connectivity index (χ1n) is 11.4. The van der Waals surface area contributed by atoms with Crippen molar-refractivity contribution in [3.05, 3.63) is 65.0 Å². The first-order valence-corrected chi connectivity index (χ1v) is 11.8. The van der Waals surface area contributed by atoms with Gasteiger partial charge in [0.25, 0.3) is 0 Å². The summed E-state index contributed by atoms with van der Waals surface area (Å²) in [4.78, 5) is 19.4. The van der Waals surface area contributed by atoms with Gasteiger partial charge in [-0.3, -0.25) is 9.80 Å². The highest BCUT2D eigenvalue weighted by Gasteiger charge is 2.38. The van der Waals surface area contributed by atoms with Crippen molar-refractivity contribution < 1.29 is 27.1 Å². The van der Waals surface area contributed by atoms with Crippen LogP contribution in [0.5, 0.6) is 0 Å². The Morgan fingerprint density at radius 1 is 1.00 bits per heavy atom. The molecule has 0 N–H and O–H groups in total. The van der Waals surface area contributed by atoms with Gasteiger partial charge in [0.05, 0.1) is 25.8 Å². The van der Waals surface area contributed by atoms with Gasteiger partial charge in [-0.2, -0.15) is 13.2 Å². The summed E-state index contributed by atoms with van der Waals surface area (Å²) in [5.41, 5.74) is 1.82. The Bertz CT molecular complexity index is 1190. The van der Waals surface area contributed by atoms with E-state index in [4.69, 9.17) is 20.8 Å². The number of urea groups is 1. The van der Waals surface area contributed by atoms with Gasteiger partial charge in [-0.25, -0.2) is 4.79 Å². The Hall–Kier alpha value is -3.15. The Kier molecular flexibility index (Phi) is 6.87. The van der Waals surface area contributed by atoms with Crippen molar-refractivity contribution in [2.75, 3.05) is 44.3 Å². The third-order valence-corrected chi connectivity index (χ3v) is 6.55. The maximum absolute atomic E-state index is 13.6. The number of rotatable bonds is 5. The van der Waals surface area contributed by atoms with Crippen LogP contribution in [-0.4, -0.2) is 71.5 Å². The number of alkyl halides is 3. The maximum Gasteiger partial charge on any atom is 0.470 e. The molecule has 8 nitrogen and oxygen atoms in total. The van der Waals surface area contributed by atoms with Crippen LogP contribution in [0.4, 0.5) is 23.7 Å². The number of ether oxygens (including phenoxy) is 1. The van der Waals surface area contributed by atoms with E-state index in [2.05, 4.69) is 15.1 Å². The van der Waals surface area contributed by atoms with E-state index in [1.165, 1.54) is 0 Å². The van der Waals surface area contributed by atoms with Crippen LogP contribution in [0.15, 0.2) is 52.9 Å². The van der Waals surface area contributed by atoms with E-state index in [-0.39, 0.29) is 18.5 Å². The maximum atomic E-state index is 13.6. The molecule has 0 bridgehead atoms. The Morgan fingerprint density at radius 3 is 2.22 bits per heavy atom. The number of anilines is 1. The molecule has 2 aliphatic heterocycles. The summed E-state index contributed by atoms with van der Waals surface area (Å²) >= 11 is 6.06. The molecular weight excluding hydrogens is 499 g/mol. The lowest BCUT2D eigenvalue weighted by Crippen LogP contribution is -2.59. The fourth-order valence-corrected chi connectivity index (χ4v) is 4.29. The summed E-state index contributed by atoms with van der Waals surface area (Å²) < 4.78 is 48.3. The lowest BCUT2D eigenvalue weighted by Gasteiger charge is -2.43. The monoisotopic (exact) mass is 521 g/mol. The van der Waals surface area contributed by atoms with Gasteiger partial charge in [-0.05, 0) is 42.0 Å². The molecular formula is C24H23ClF3N5O3. The number of halogens is 4. The Morgan fingerprint density at radius 2 is 1.67 bits per heavy atom. The predicted molar refractivity (Wildman–Crippen MR) is 126 cm³/mol. The van der Waals surface area contributed by atoms with Gasteiger partial charge in [-0.15, -0.1) is 10.2 Å². The average molecular weight is 522 g/mol. The van der Waals surface area contributed by atoms with Crippen molar-refractivity contribution in [1.29, 1.82) is 0 Å². The minimum absolute atomic E-state index is 0.127. The number of aromatic nitrogens is 2. The van der Waals surface area contributed by atoms with Gasteiger partial charge >= 0.3 is 18.1 Å². The summed E-state index contributed by atoms with van der Waals surface area (Å²) in [6, 6.07) is 13.9. The zero-order valence-electron chi connectivity index (χ0n) is 19.1. The molecule has 190 valence electrons. The van der Waals surface area contributed by atoms with Crippen molar-refractivity contribution >= 4 is 23.3 Å². The number of piperazine rings is 1. The molecule has 2 saturated heterocycles. The average Bonchev–Trinajstić information content (AvgIpc) is 3.34. The highest BCUT2D eigenvalue weighted by atomic mass is 35.5. The minimum Gasteiger partial charge on any atom is -0.413 e. The lowest BCUT2D eigenvalue weighted by molar-refractivity contribution is -0.156. The van der Waals surface area contributed by atoms with E-state index in [0.29, 0.717) is 35.4 Å². The van der Waals surface area contributed by atoms with E-state index in [1.54, 1.807) is 53.4 Å². The fourth-order valence-electron chi connectivity index (χ4n) is 4.16. The molecule has 0 radical (unpaired) electrons. The first-order chi connectivity index (χ1) is 17.3. The zero-order valence-corrected chi connectivity index (χ0v) is 19.9. The van der Waals surface area contributed by atoms with Gasteiger partial charge in [-0.1, -0.05) is 23.7 Å². The van der Waals surface area contributed by atoms with Crippen molar-refractivity contribution in [3.63, 3.8) is 0 Å². The molecule has 0 unspecified atom stereocenters. The number of benzene rings is 2. The number of hydrogen-bond acceptors (Lipinski definition) is 6. The summed E-state index contributed by atoms with van der Waals surface area (Å²) in [6.45, 7) is 4.52.